The molecule has 10 heavy (non-hydrogen) atoms. The Balaban J connectivity index is 2.32. The average molecular weight is 156 g/mol. The Morgan fingerprint density at radius 1 is 1.50 bits per heavy atom. The molecular weight excluding hydrogens is 150 g/mol. The second-order valence-electron chi connectivity index (χ2n) is 2.17. The Hall–Kier alpha value is -0.830. The van der Waals surface area contributed by atoms with Crippen LogP contribution in [0, 0.1) is 0 Å². The molecule has 2 rings (SSSR count). The first kappa shape index (κ1) is 5.92. The van der Waals surface area contributed by atoms with E-state index in [-0.39, 0.29) is 0 Å². The first-order valence-corrected chi connectivity index (χ1v) is 3.47. The standard InChI is InChI=1S/C6H6ClN3/c7-6-8-2-1-5(9-6)10-3-4-10/h1-2H,3-4H2. The molecular formula is C6H6ClN3. The van der Waals surface area contributed by atoms with Gasteiger partial charge in [0, 0.05) is 19.3 Å². The van der Waals surface area contributed by atoms with Gasteiger partial charge in [-0.25, -0.2) is 9.97 Å². The predicted octanol–water partition coefficient (Wildman–Crippen LogP) is 0.950. The monoisotopic (exact) mass is 155 g/mol. The summed E-state index contributed by atoms with van der Waals surface area (Å²) in [5.74, 6) is 0.931. The minimum atomic E-state index is 0.324. The fraction of sp³-hybridized carbons (Fsp3) is 0.333. The van der Waals surface area contributed by atoms with E-state index in [0.717, 1.165) is 18.9 Å². The normalized spacial score (nSPS) is 15.5. The maximum atomic E-state index is 5.57. The van der Waals surface area contributed by atoms with E-state index in [1.54, 1.807) is 6.20 Å². The fourth-order valence-corrected chi connectivity index (χ4v) is 0.924. The molecule has 0 amide bonds. The molecule has 0 unspecified atom stereocenters. The van der Waals surface area contributed by atoms with Gasteiger partial charge in [-0.3, -0.25) is 0 Å². The van der Waals surface area contributed by atoms with Gasteiger partial charge in [-0.15, -0.1) is 0 Å². The molecule has 1 aromatic heterocycles. The molecule has 0 saturated carbocycles. The summed E-state index contributed by atoms with van der Waals surface area (Å²) < 4.78 is 0. The van der Waals surface area contributed by atoms with Gasteiger partial charge < -0.3 is 4.90 Å². The van der Waals surface area contributed by atoms with E-state index < -0.39 is 0 Å². The molecule has 0 radical (unpaired) electrons. The summed E-state index contributed by atoms with van der Waals surface area (Å²) >= 11 is 5.57. The smallest absolute Gasteiger partial charge is 0.224 e. The molecule has 4 heteroatoms. The molecule has 52 valence electrons. The van der Waals surface area contributed by atoms with Crippen LogP contribution in [0.5, 0.6) is 0 Å². The lowest BCUT2D eigenvalue weighted by Crippen LogP contribution is -1.94. The molecule has 0 spiro atoms. The summed E-state index contributed by atoms with van der Waals surface area (Å²) in [5, 5.41) is 0.324. The van der Waals surface area contributed by atoms with E-state index in [9.17, 15) is 0 Å². The quantitative estimate of drug-likeness (QED) is 0.447. The van der Waals surface area contributed by atoms with Gasteiger partial charge in [0.2, 0.25) is 5.28 Å². The van der Waals surface area contributed by atoms with Gasteiger partial charge >= 0.3 is 0 Å². The highest BCUT2D eigenvalue weighted by Crippen LogP contribution is 2.17. The zero-order chi connectivity index (χ0) is 6.97. The van der Waals surface area contributed by atoms with Gasteiger partial charge in [0.05, 0.1) is 0 Å². The van der Waals surface area contributed by atoms with Gasteiger partial charge in [-0.05, 0) is 17.7 Å². The molecule has 0 atom stereocenters. The summed E-state index contributed by atoms with van der Waals surface area (Å²) in [5.41, 5.74) is 0. The predicted molar refractivity (Wildman–Crippen MR) is 39.3 cm³/mol. The Morgan fingerprint density at radius 3 is 2.90 bits per heavy atom. The van der Waals surface area contributed by atoms with Crippen molar-refractivity contribution in [2.75, 3.05) is 18.0 Å². The SMILES string of the molecule is Clc1nccc(N2CC2)n1. The van der Waals surface area contributed by atoms with Crippen LogP contribution in [0.1, 0.15) is 0 Å². The number of hydrogen-bond acceptors (Lipinski definition) is 3. The molecule has 0 aliphatic carbocycles. The topological polar surface area (TPSA) is 28.8 Å². The van der Waals surface area contributed by atoms with Crippen molar-refractivity contribution in [2.45, 2.75) is 0 Å². The van der Waals surface area contributed by atoms with Crippen LogP contribution in [0.25, 0.3) is 0 Å². The number of halogens is 1. The van der Waals surface area contributed by atoms with Crippen LogP contribution in [-0.2, 0) is 0 Å². The zero-order valence-corrected chi connectivity index (χ0v) is 6.04. The molecule has 1 aromatic rings. The van der Waals surface area contributed by atoms with Gasteiger partial charge in [-0.2, -0.15) is 0 Å². The third-order valence-corrected chi connectivity index (χ3v) is 1.56. The van der Waals surface area contributed by atoms with Gasteiger partial charge in [-0.1, -0.05) is 0 Å². The second kappa shape index (κ2) is 2.09. The van der Waals surface area contributed by atoms with Crippen molar-refractivity contribution in [3.05, 3.63) is 17.5 Å². The Bertz CT molecular complexity index is 247. The van der Waals surface area contributed by atoms with Crippen molar-refractivity contribution < 1.29 is 0 Å². The lowest BCUT2D eigenvalue weighted by molar-refractivity contribution is 1.13. The third kappa shape index (κ3) is 1.04. The first-order valence-electron chi connectivity index (χ1n) is 3.10. The van der Waals surface area contributed by atoms with E-state index in [0.29, 0.717) is 5.28 Å². The molecule has 0 N–H and O–H groups in total. The van der Waals surface area contributed by atoms with Crippen molar-refractivity contribution >= 4 is 17.4 Å². The van der Waals surface area contributed by atoms with Crippen molar-refractivity contribution in [3.8, 4) is 0 Å². The van der Waals surface area contributed by atoms with Crippen LogP contribution in [0.3, 0.4) is 0 Å². The molecule has 0 aromatic carbocycles. The summed E-state index contributed by atoms with van der Waals surface area (Å²) in [7, 11) is 0. The van der Waals surface area contributed by atoms with Crippen LogP contribution in [0.15, 0.2) is 12.3 Å². The fourth-order valence-electron chi connectivity index (χ4n) is 0.781. The summed E-state index contributed by atoms with van der Waals surface area (Å²) in [6, 6.07) is 1.86. The van der Waals surface area contributed by atoms with E-state index in [2.05, 4.69) is 14.9 Å². The number of rotatable bonds is 1. The Kier molecular flexibility index (Phi) is 1.24. The highest BCUT2D eigenvalue weighted by Gasteiger charge is 2.18. The van der Waals surface area contributed by atoms with Crippen LogP contribution in [0.2, 0.25) is 5.28 Å². The van der Waals surface area contributed by atoms with Crippen molar-refractivity contribution in [1.29, 1.82) is 0 Å². The maximum absolute atomic E-state index is 5.57. The van der Waals surface area contributed by atoms with Gasteiger partial charge in [0.1, 0.15) is 5.82 Å². The molecule has 1 aliphatic heterocycles. The van der Waals surface area contributed by atoms with Crippen LogP contribution < -0.4 is 4.90 Å². The van der Waals surface area contributed by atoms with Gasteiger partial charge in [0.15, 0.2) is 0 Å². The van der Waals surface area contributed by atoms with E-state index in [4.69, 9.17) is 11.6 Å². The van der Waals surface area contributed by atoms with Crippen LogP contribution in [0.4, 0.5) is 5.82 Å². The molecule has 0 bridgehead atoms. The largest absolute Gasteiger partial charge is 0.353 e. The summed E-state index contributed by atoms with van der Waals surface area (Å²) in [4.78, 5) is 9.91. The minimum Gasteiger partial charge on any atom is -0.353 e. The summed E-state index contributed by atoms with van der Waals surface area (Å²) in [6.07, 6.45) is 1.67. The van der Waals surface area contributed by atoms with E-state index >= 15 is 0 Å². The Morgan fingerprint density at radius 2 is 2.30 bits per heavy atom. The minimum absolute atomic E-state index is 0.324. The molecule has 3 nitrogen and oxygen atoms in total. The Labute approximate surface area is 63.7 Å². The highest BCUT2D eigenvalue weighted by molar-refractivity contribution is 6.28. The number of aromatic nitrogens is 2. The van der Waals surface area contributed by atoms with Gasteiger partial charge in [0.25, 0.3) is 0 Å². The van der Waals surface area contributed by atoms with Crippen LogP contribution >= 0.6 is 11.6 Å². The van der Waals surface area contributed by atoms with Crippen molar-refractivity contribution in [1.82, 2.24) is 9.97 Å². The lowest BCUT2D eigenvalue weighted by atomic mass is 10.6. The average Bonchev–Trinajstić information content (AvgIpc) is 2.68. The lowest BCUT2D eigenvalue weighted by Gasteiger charge is -1.98. The number of nitrogens with zero attached hydrogens (tertiary/aromatic N) is 3. The summed E-state index contributed by atoms with van der Waals surface area (Å²) in [6.45, 7) is 2.18. The third-order valence-electron chi connectivity index (χ3n) is 1.38. The zero-order valence-electron chi connectivity index (χ0n) is 5.29. The number of anilines is 1. The second-order valence-corrected chi connectivity index (χ2v) is 2.51. The van der Waals surface area contributed by atoms with Crippen molar-refractivity contribution in [3.63, 3.8) is 0 Å². The first-order chi connectivity index (χ1) is 4.86. The molecule has 2 heterocycles. The van der Waals surface area contributed by atoms with Crippen LogP contribution in [-0.4, -0.2) is 23.1 Å². The molecule has 1 aliphatic rings. The highest BCUT2D eigenvalue weighted by atomic mass is 35.5. The molecule has 1 saturated heterocycles. The van der Waals surface area contributed by atoms with Crippen molar-refractivity contribution in [2.24, 2.45) is 0 Å². The molecule has 1 fully saturated rings. The van der Waals surface area contributed by atoms with E-state index in [1.165, 1.54) is 0 Å². The number of hydrogen-bond donors (Lipinski definition) is 0. The van der Waals surface area contributed by atoms with E-state index in [1.807, 2.05) is 6.07 Å². The maximum Gasteiger partial charge on any atom is 0.224 e.